The Morgan fingerprint density at radius 1 is 1.09 bits per heavy atom. The first-order chi connectivity index (χ1) is 10.9. The number of hydrogen-bond acceptors (Lipinski definition) is 4. The third-order valence-corrected chi connectivity index (χ3v) is 2.73. The van der Waals surface area contributed by atoms with E-state index in [0.717, 1.165) is 5.56 Å². The van der Waals surface area contributed by atoms with Gasteiger partial charge in [0.25, 0.3) is 5.91 Å². The van der Waals surface area contributed by atoms with Crippen LogP contribution >= 0.6 is 0 Å². The van der Waals surface area contributed by atoms with Crippen LogP contribution in [0.2, 0.25) is 0 Å². The summed E-state index contributed by atoms with van der Waals surface area (Å²) in [6, 6.07) is 8.45. The summed E-state index contributed by atoms with van der Waals surface area (Å²) in [5.41, 5.74) is 0.878. The fraction of sp³-hybridized carbons (Fsp3) is 0.353. The average molecular weight is 318 g/mol. The van der Waals surface area contributed by atoms with Crippen molar-refractivity contribution in [2.45, 2.75) is 32.9 Å². The Kier molecular flexibility index (Phi) is 7.53. The predicted molar refractivity (Wildman–Crippen MR) is 87.3 cm³/mol. The molecule has 2 N–H and O–H groups in total. The average Bonchev–Trinajstić information content (AvgIpc) is 2.51. The standard InChI is InChI=1S/C17H22N2O4/c1-12(2)18-16(21)11-23-17(22)13(3)19-15(20)10-9-14-7-5-4-6-8-14/h4-10,12-13H,11H2,1-3H3,(H,18,21)(H,19,20)/b10-9+/t13-/m0/s1. The van der Waals surface area contributed by atoms with Gasteiger partial charge in [-0.15, -0.1) is 0 Å². The molecule has 0 heterocycles. The zero-order chi connectivity index (χ0) is 17.2. The van der Waals surface area contributed by atoms with E-state index in [0.29, 0.717) is 0 Å². The van der Waals surface area contributed by atoms with Crippen molar-refractivity contribution in [3.05, 3.63) is 42.0 Å². The highest BCUT2D eigenvalue weighted by molar-refractivity contribution is 5.94. The molecule has 6 heteroatoms. The summed E-state index contributed by atoms with van der Waals surface area (Å²) < 4.78 is 4.84. The minimum atomic E-state index is -0.838. The van der Waals surface area contributed by atoms with E-state index in [1.165, 1.54) is 13.0 Å². The number of carbonyl (C=O) groups excluding carboxylic acids is 3. The smallest absolute Gasteiger partial charge is 0.328 e. The van der Waals surface area contributed by atoms with Gasteiger partial charge in [0, 0.05) is 12.1 Å². The summed E-state index contributed by atoms with van der Waals surface area (Å²) in [7, 11) is 0. The second-order valence-electron chi connectivity index (χ2n) is 5.30. The number of carbonyl (C=O) groups is 3. The molecule has 0 aromatic heterocycles. The molecule has 0 saturated carbocycles. The zero-order valence-corrected chi connectivity index (χ0v) is 13.5. The quantitative estimate of drug-likeness (QED) is 0.586. The van der Waals surface area contributed by atoms with Crippen LogP contribution in [0.15, 0.2) is 36.4 Å². The molecular formula is C17H22N2O4. The molecule has 0 fully saturated rings. The molecule has 1 rings (SSSR count). The summed E-state index contributed by atoms with van der Waals surface area (Å²) >= 11 is 0. The largest absolute Gasteiger partial charge is 0.454 e. The van der Waals surface area contributed by atoms with E-state index in [4.69, 9.17) is 4.74 Å². The van der Waals surface area contributed by atoms with Crippen LogP contribution in [-0.2, 0) is 19.1 Å². The topological polar surface area (TPSA) is 84.5 Å². The fourth-order valence-electron chi connectivity index (χ4n) is 1.68. The van der Waals surface area contributed by atoms with E-state index in [-0.39, 0.29) is 18.6 Å². The lowest BCUT2D eigenvalue weighted by atomic mass is 10.2. The third-order valence-electron chi connectivity index (χ3n) is 2.73. The number of rotatable bonds is 7. The SMILES string of the molecule is CC(C)NC(=O)COC(=O)[C@H](C)NC(=O)/C=C/c1ccccc1. The molecule has 1 aromatic carbocycles. The molecule has 0 radical (unpaired) electrons. The second kappa shape index (κ2) is 9.40. The van der Waals surface area contributed by atoms with Crippen LogP contribution in [0.3, 0.4) is 0 Å². The maximum absolute atomic E-state index is 11.7. The fourth-order valence-corrected chi connectivity index (χ4v) is 1.68. The van der Waals surface area contributed by atoms with Crippen LogP contribution in [-0.4, -0.2) is 36.5 Å². The number of ether oxygens (including phenoxy) is 1. The number of nitrogens with one attached hydrogen (secondary N) is 2. The number of amides is 2. The van der Waals surface area contributed by atoms with Crippen molar-refractivity contribution in [2.75, 3.05) is 6.61 Å². The molecule has 0 saturated heterocycles. The summed E-state index contributed by atoms with van der Waals surface area (Å²) in [5.74, 6) is -1.45. The first kappa shape index (κ1) is 18.4. The monoisotopic (exact) mass is 318 g/mol. The van der Waals surface area contributed by atoms with E-state index in [1.54, 1.807) is 6.08 Å². The molecule has 1 atom stereocenters. The molecule has 6 nitrogen and oxygen atoms in total. The normalized spacial score (nSPS) is 12.0. The molecule has 23 heavy (non-hydrogen) atoms. The lowest BCUT2D eigenvalue weighted by molar-refractivity contribution is -0.151. The number of hydrogen-bond donors (Lipinski definition) is 2. The first-order valence-electron chi connectivity index (χ1n) is 7.38. The molecule has 2 amide bonds. The van der Waals surface area contributed by atoms with E-state index < -0.39 is 17.9 Å². The minimum Gasteiger partial charge on any atom is -0.454 e. The Morgan fingerprint density at radius 2 is 1.74 bits per heavy atom. The lowest BCUT2D eigenvalue weighted by Crippen LogP contribution is -2.41. The van der Waals surface area contributed by atoms with E-state index >= 15 is 0 Å². The molecule has 0 bridgehead atoms. The van der Waals surface area contributed by atoms with Gasteiger partial charge in [0.2, 0.25) is 5.91 Å². The van der Waals surface area contributed by atoms with E-state index in [9.17, 15) is 14.4 Å². The van der Waals surface area contributed by atoms with Crippen LogP contribution in [0.25, 0.3) is 6.08 Å². The van der Waals surface area contributed by atoms with Crippen molar-refractivity contribution < 1.29 is 19.1 Å². The van der Waals surface area contributed by atoms with Gasteiger partial charge in [-0.1, -0.05) is 30.3 Å². The summed E-state index contributed by atoms with van der Waals surface area (Å²) in [5, 5.41) is 5.08. The molecule has 0 unspecified atom stereocenters. The van der Waals surface area contributed by atoms with Crippen LogP contribution in [0.5, 0.6) is 0 Å². The highest BCUT2D eigenvalue weighted by Gasteiger charge is 2.17. The van der Waals surface area contributed by atoms with Gasteiger partial charge in [0.05, 0.1) is 0 Å². The third kappa shape index (κ3) is 7.80. The van der Waals surface area contributed by atoms with Crippen LogP contribution in [0.4, 0.5) is 0 Å². The summed E-state index contributed by atoms with van der Waals surface area (Å²) in [6.07, 6.45) is 2.98. The molecule has 0 aliphatic heterocycles. The van der Waals surface area contributed by atoms with Crippen molar-refractivity contribution in [1.29, 1.82) is 0 Å². The van der Waals surface area contributed by atoms with Gasteiger partial charge in [-0.2, -0.15) is 0 Å². The van der Waals surface area contributed by atoms with Crippen molar-refractivity contribution in [3.63, 3.8) is 0 Å². The Labute approximate surface area is 135 Å². The first-order valence-corrected chi connectivity index (χ1v) is 7.38. The van der Waals surface area contributed by atoms with Gasteiger partial charge in [-0.3, -0.25) is 9.59 Å². The highest BCUT2D eigenvalue weighted by atomic mass is 16.5. The Bertz CT molecular complexity index is 567. The highest BCUT2D eigenvalue weighted by Crippen LogP contribution is 2.00. The Morgan fingerprint density at radius 3 is 2.35 bits per heavy atom. The zero-order valence-electron chi connectivity index (χ0n) is 13.5. The van der Waals surface area contributed by atoms with E-state index in [2.05, 4.69) is 10.6 Å². The van der Waals surface area contributed by atoms with Gasteiger partial charge in [0.1, 0.15) is 6.04 Å². The lowest BCUT2D eigenvalue weighted by Gasteiger charge is -2.13. The molecular weight excluding hydrogens is 296 g/mol. The van der Waals surface area contributed by atoms with Crippen LogP contribution in [0, 0.1) is 0 Å². The van der Waals surface area contributed by atoms with Gasteiger partial charge in [0.15, 0.2) is 6.61 Å². The Balaban J connectivity index is 2.38. The van der Waals surface area contributed by atoms with Gasteiger partial charge < -0.3 is 15.4 Å². The molecule has 124 valence electrons. The minimum absolute atomic E-state index is 0.0264. The maximum atomic E-state index is 11.7. The van der Waals surface area contributed by atoms with E-state index in [1.807, 2.05) is 44.2 Å². The van der Waals surface area contributed by atoms with Gasteiger partial charge >= 0.3 is 5.97 Å². The van der Waals surface area contributed by atoms with Gasteiger partial charge in [-0.05, 0) is 32.4 Å². The number of esters is 1. The maximum Gasteiger partial charge on any atom is 0.328 e. The number of benzene rings is 1. The predicted octanol–water partition coefficient (Wildman–Crippen LogP) is 1.27. The Hall–Kier alpha value is -2.63. The van der Waals surface area contributed by atoms with Crippen molar-refractivity contribution >= 4 is 23.9 Å². The summed E-state index contributed by atoms with van der Waals surface area (Å²) in [4.78, 5) is 34.8. The molecule has 0 aliphatic rings. The van der Waals surface area contributed by atoms with Crippen molar-refractivity contribution in [3.8, 4) is 0 Å². The van der Waals surface area contributed by atoms with Gasteiger partial charge in [-0.25, -0.2) is 4.79 Å². The second-order valence-corrected chi connectivity index (χ2v) is 5.30. The molecule has 0 aliphatic carbocycles. The molecule has 0 spiro atoms. The van der Waals surface area contributed by atoms with Crippen LogP contribution in [0.1, 0.15) is 26.3 Å². The summed E-state index contributed by atoms with van der Waals surface area (Å²) in [6.45, 7) is 4.75. The van der Waals surface area contributed by atoms with Crippen molar-refractivity contribution in [1.82, 2.24) is 10.6 Å². The van der Waals surface area contributed by atoms with Crippen molar-refractivity contribution in [2.24, 2.45) is 0 Å². The molecule has 1 aromatic rings. The van der Waals surface area contributed by atoms with Crippen LogP contribution < -0.4 is 10.6 Å².